The highest BCUT2D eigenvalue weighted by atomic mass is 35.5. The van der Waals surface area contributed by atoms with Gasteiger partial charge in [-0.05, 0) is 36.4 Å². The number of aromatic nitrogens is 1. The van der Waals surface area contributed by atoms with Gasteiger partial charge in [-0.15, -0.1) is 11.6 Å². The van der Waals surface area contributed by atoms with E-state index in [-0.39, 0.29) is 11.4 Å². The molecule has 2 aromatic carbocycles. The van der Waals surface area contributed by atoms with Crippen LogP contribution in [0.25, 0.3) is 16.6 Å². The van der Waals surface area contributed by atoms with E-state index in [4.69, 9.17) is 17.3 Å². The molecule has 3 rings (SSSR count). The number of fused-ring (bicyclic) bond motifs is 1. The molecule has 22 heavy (non-hydrogen) atoms. The van der Waals surface area contributed by atoms with Crippen LogP contribution in [-0.4, -0.2) is 4.57 Å². The number of nitrogens with zero attached hydrogens (tertiary/aromatic N) is 1. The smallest absolute Gasteiger partial charge is 0.260 e. The first-order valence-electron chi connectivity index (χ1n) is 7.26. The Hall–Kier alpha value is -2.26. The van der Waals surface area contributed by atoms with Gasteiger partial charge in [-0.3, -0.25) is 9.36 Å². The molecule has 2 N–H and O–H groups in total. The number of hydrogen-bond acceptors (Lipinski definition) is 2. The first-order valence-corrected chi connectivity index (χ1v) is 7.80. The Morgan fingerprint density at radius 2 is 1.73 bits per heavy atom. The van der Waals surface area contributed by atoms with E-state index in [1.165, 1.54) is 0 Å². The molecule has 0 amide bonds. The van der Waals surface area contributed by atoms with Gasteiger partial charge in [-0.25, -0.2) is 0 Å². The third-order valence-electron chi connectivity index (χ3n) is 3.26. The Morgan fingerprint density at radius 3 is 2.36 bits per heavy atom. The van der Waals surface area contributed by atoms with E-state index in [1.807, 2.05) is 56.3 Å². The Balaban J connectivity index is 0.000000847. The molecular formula is C18H19ClN2O. The minimum Gasteiger partial charge on any atom is -0.399 e. The normalized spacial score (nSPS) is 10.1. The lowest BCUT2D eigenvalue weighted by molar-refractivity contribution is 1.01. The molecule has 0 aliphatic heterocycles. The fraction of sp³-hybridized carbons (Fsp3) is 0.167. The molecule has 0 fully saturated rings. The summed E-state index contributed by atoms with van der Waals surface area (Å²) in [7, 11) is 0. The quantitative estimate of drug-likeness (QED) is 0.565. The highest BCUT2D eigenvalue weighted by molar-refractivity contribution is 6.17. The Labute approximate surface area is 135 Å². The van der Waals surface area contributed by atoms with Gasteiger partial charge < -0.3 is 5.73 Å². The monoisotopic (exact) mass is 314 g/mol. The molecule has 114 valence electrons. The van der Waals surface area contributed by atoms with Crippen LogP contribution in [0.3, 0.4) is 0 Å². The predicted molar refractivity (Wildman–Crippen MR) is 94.9 cm³/mol. The summed E-state index contributed by atoms with van der Waals surface area (Å²) in [6.07, 6.45) is 0. The van der Waals surface area contributed by atoms with Crippen molar-refractivity contribution in [2.24, 2.45) is 0 Å². The van der Waals surface area contributed by atoms with Crippen LogP contribution in [0.2, 0.25) is 0 Å². The van der Waals surface area contributed by atoms with Gasteiger partial charge in [0.1, 0.15) is 0 Å². The van der Waals surface area contributed by atoms with Gasteiger partial charge in [0.2, 0.25) is 0 Å². The topological polar surface area (TPSA) is 48.0 Å². The minimum atomic E-state index is -0.0940. The first-order chi connectivity index (χ1) is 10.7. The minimum absolute atomic E-state index is 0.0940. The van der Waals surface area contributed by atoms with Crippen LogP contribution in [0.15, 0.2) is 59.4 Å². The van der Waals surface area contributed by atoms with E-state index in [1.54, 1.807) is 16.7 Å². The lowest BCUT2D eigenvalue weighted by Gasteiger charge is -2.12. The molecule has 0 radical (unpaired) electrons. The fourth-order valence-corrected chi connectivity index (χ4v) is 2.52. The van der Waals surface area contributed by atoms with Crippen LogP contribution >= 0.6 is 11.6 Å². The number of hydrogen-bond donors (Lipinski definition) is 1. The zero-order valence-electron chi connectivity index (χ0n) is 12.7. The number of nitrogens with two attached hydrogens (primary N) is 1. The highest BCUT2D eigenvalue weighted by Crippen LogP contribution is 2.20. The van der Waals surface area contributed by atoms with Crippen molar-refractivity contribution in [1.82, 2.24) is 4.57 Å². The van der Waals surface area contributed by atoms with Gasteiger partial charge in [0.25, 0.3) is 5.56 Å². The van der Waals surface area contributed by atoms with Gasteiger partial charge in [-0.1, -0.05) is 32.0 Å². The Morgan fingerprint density at radius 1 is 1.05 bits per heavy atom. The molecule has 0 bridgehead atoms. The van der Waals surface area contributed by atoms with Crippen LogP contribution in [0.1, 0.15) is 19.4 Å². The third kappa shape index (κ3) is 3.00. The second-order valence-electron chi connectivity index (χ2n) is 4.60. The van der Waals surface area contributed by atoms with Crippen molar-refractivity contribution in [2.45, 2.75) is 19.7 Å². The van der Waals surface area contributed by atoms with Gasteiger partial charge >= 0.3 is 0 Å². The van der Waals surface area contributed by atoms with Crippen molar-refractivity contribution in [2.75, 3.05) is 5.73 Å². The van der Waals surface area contributed by atoms with E-state index >= 15 is 0 Å². The van der Waals surface area contributed by atoms with E-state index in [0.29, 0.717) is 11.3 Å². The standard InChI is InChI=1S/C16H13ClN2O.C2H6/c17-10-12-8-11-9-13(18)6-7-15(11)19(16(12)20)14-4-2-1-3-5-14;1-2/h1-9H,10,18H2;1-2H3. The summed E-state index contributed by atoms with van der Waals surface area (Å²) >= 11 is 5.89. The van der Waals surface area contributed by atoms with Gasteiger partial charge in [0, 0.05) is 22.3 Å². The fourth-order valence-electron chi connectivity index (χ4n) is 2.32. The maximum absolute atomic E-state index is 12.5. The lowest BCUT2D eigenvalue weighted by Crippen LogP contribution is -2.22. The number of alkyl halides is 1. The molecule has 3 aromatic rings. The summed E-state index contributed by atoms with van der Waals surface area (Å²) in [5.74, 6) is 0.177. The van der Waals surface area contributed by atoms with Crippen LogP contribution in [0, 0.1) is 0 Å². The molecule has 0 atom stereocenters. The predicted octanol–water partition coefficient (Wildman–Crippen LogP) is 4.34. The van der Waals surface area contributed by atoms with Gasteiger partial charge in [-0.2, -0.15) is 0 Å². The number of halogens is 1. The molecule has 0 saturated carbocycles. The van der Waals surface area contributed by atoms with Crippen molar-refractivity contribution < 1.29 is 0 Å². The molecule has 0 unspecified atom stereocenters. The molecule has 0 saturated heterocycles. The average molecular weight is 315 g/mol. The van der Waals surface area contributed by atoms with Crippen molar-refractivity contribution >= 4 is 28.2 Å². The van der Waals surface area contributed by atoms with E-state index in [9.17, 15) is 4.79 Å². The van der Waals surface area contributed by atoms with Crippen molar-refractivity contribution in [3.8, 4) is 5.69 Å². The molecule has 3 nitrogen and oxygen atoms in total. The van der Waals surface area contributed by atoms with Crippen molar-refractivity contribution in [1.29, 1.82) is 0 Å². The molecule has 4 heteroatoms. The van der Waals surface area contributed by atoms with E-state index < -0.39 is 0 Å². The second-order valence-corrected chi connectivity index (χ2v) is 4.86. The molecular weight excluding hydrogens is 296 g/mol. The van der Waals surface area contributed by atoms with E-state index in [2.05, 4.69) is 0 Å². The summed E-state index contributed by atoms with van der Waals surface area (Å²) in [5.41, 5.74) is 8.60. The maximum atomic E-state index is 12.5. The molecule has 0 spiro atoms. The van der Waals surface area contributed by atoms with Crippen molar-refractivity contribution in [3.63, 3.8) is 0 Å². The number of rotatable bonds is 2. The molecule has 0 aliphatic rings. The second kappa shape index (κ2) is 7.14. The van der Waals surface area contributed by atoms with Gasteiger partial charge in [0.05, 0.1) is 11.4 Å². The summed E-state index contributed by atoms with van der Waals surface area (Å²) in [5, 5.41) is 0.907. The Kier molecular flexibility index (Phi) is 5.23. The number of pyridine rings is 1. The van der Waals surface area contributed by atoms with Crippen LogP contribution in [0.5, 0.6) is 0 Å². The molecule has 0 aliphatic carbocycles. The summed E-state index contributed by atoms with van der Waals surface area (Å²) in [6.45, 7) is 4.00. The van der Waals surface area contributed by atoms with Crippen molar-refractivity contribution in [3.05, 3.63) is 70.5 Å². The number of anilines is 1. The number of nitrogen functional groups attached to an aromatic ring is 1. The zero-order chi connectivity index (χ0) is 16.1. The lowest BCUT2D eigenvalue weighted by atomic mass is 10.1. The Bertz CT molecular complexity index is 826. The summed E-state index contributed by atoms with van der Waals surface area (Å²) in [4.78, 5) is 12.5. The SMILES string of the molecule is CC.Nc1ccc2c(c1)cc(CCl)c(=O)n2-c1ccccc1. The average Bonchev–Trinajstić information content (AvgIpc) is 2.57. The maximum Gasteiger partial charge on any atom is 0.260 e. The number of para-hydroxylation sites is 1. The van der Waals surface area contributed by atoms with Crippen LogP contribution in [-0.2, 0) is 5.88 Å². The largest absolute Gasteiger partial charge is 0.399 e. The van der Waals surface area contributed by atoms with E-state index in [0.717, 1.165) is 16.6 Å². The molecule has 1 heterocycles. The molecule has 1 aromatic heterocycles. The first kappa shape index (κ1) is 16.1. The summed E-state index contributed by atoms with van der Waals surface area (Å²) in [6, 6.07) is 16.8. The number of benzene rings is 2. The van der Waals surface area contributed by atoms with Crippen LogP contribution in [0.4, 0.5) is 5.69 Å². The third-order valence-corrected chi connectivity index (χ3v) is 3.55. The zero-order valence-corrected chi connectivity index (χ0v) is 13.5. The van der Waals surface area contributed by atoms with Crippen LogP contribution < -0.4 is 11.3 Å². The highest BCUT2D eigenvalue weighted by Gasteiger charge is 2.10. The summed E-state index contributed by atoms with van der Waals surface area (Å²) < 4.78 is 1.67. The van der Waals surface area contributed by atoms with Gasteiger partial charge in [0.15, 0.2) is 0 Å².